The fourth-order valence-electron chi connectivity index (χ4n) is 8.67. The van der Waals surface area contributed by atoms with Crippen LogP contribution in [0.1, 0.15) is 77.9 Å². The average Bonchev–Trinajstić information content (AvgIpc) is 3.49. The molecule has 5 rings (SSSR count). The van der Waals surface area contributed by atoms with Crippen LogP contribution in [-0.4, -0.2) is 18.0 Å². The Kier molecular flexibility index (Phi) is 6.68. The molecule has 6 nitrogen and oxygen atoms in total. The Labute approximate surface area is 219 Å². The van der Waals surface area contributed by atoms with Crippen molar-refractivity contribution in [2.24, 2.45) is 40.2 Å². The molecule has 1 aromatic heterocycles. The maximum absolute atomic E-state index is 12.3. The van der Waals surface area contributed by atoms with Gasteiger partial charge in [-0.3, -0.25) is 9.59 Å². The summed E-state index contributed by atoms with van der Waals surface area (Å²) in [5, 5.41) is 9.89. The van der Waals surface area contributed by atoms with Gasteiger partial charge in [-0.2, -0.15) is 5.26 Å². The fraction of sp³-hybridized carbons (Fsp3) is 0.581. The van der Waals surface area contributed by atoms with E-state index in [9.17, 15) is 14.9 Å². The number of amides is 1. The fourth-order valence-corrected chi connectivity index (χ4v) is 8.67. The van der Waals surface area contributed by atoms with Crippen molar-refractivity contribution in [3.63, 3.8) is 0 Å². The Morgan fingerprint density at radius 3 is 2.68 bits per heavy atom. The van der Waals surface area contributed by atoms with E-state index in [0.717, 1.165) is 56.9 Å². The summed E-state index contributed by atoms with van der Waals surface area (Å²) in [4.78, 5) is 23.9. The maximum Gasteiger partial charge on any atom is 0.302 e. The Hall–Kier alpha value is -3.07. The molecule has 1 aromatic rings. The number of nitrogens with two attached hydrogens (primary N) is 1. The number of esters is 1. The molecule has 1 amide bonds. The lowest BCUT2D eigenvalue weighted by atomic mass is 9.47. The van der Waals surface area contributed by atoms with Crippen molar-refractivity contribution >= 4 is 18.0 Å². The van der Waals surface area contributed by atoms with Crippen molar-refractivity contribution in [1.82, 2.24) is 0 Å². The zero-order chi connectivity index (χ0) is 26.4. The number of fused-ring (bicyclic) bond motifs is 5. The molecule has 3 fully saturated rings. The van der Waals surface area contributed by atoms with Crippen LogP contribution in [0.25, 0.3) is 6.08 Å². The minimum atomic E-state index is -0.662. The lowest BCUT2D eigenvalue weighted by Crippen LogP contribution is -2.50. The number of hydrogen-bond donors (Lipinski definition) is 1. The normalized spacial score (nSPS) is 37.5. The smallest absolute Gasteiger partial charge is 0.302 e. The quantitative estimate of drug-likeness (QED) is 0.172. The van der Waals surface area contributed by atoms with Crippen LogP contribution in [-0.2, 0) is 14.3 Å². The van der Waals surface area contributed by atoms with Crippen LogP contribution in [0.5, 0.6) is 0 Å². The highest BCUT2D eigenvalue weighted by molar-refractivity contribution is 5.97. The Morgan fingerprint density at radius 1 is 1.19 bits per heavy atom. The van der Waals surface area contributed by atoms with E-state index in [1.807, 2.05) is 24.3 Å². The number of rotatable bonds is 5. The van der Waals surface area contributed by atoms with Gasteiger partial charge in [0, 0.05) is 13.3 Å². The van der Waals surface area contributed by atoms with Crippen molar-refractivity contribution in [3.8, 4) is 6.07 Å². The summed E-state index contributed by atoms with van der Waals surface area (Å²) in [6.07, 6.45) is 15.9. The predicted octanol–water partition coefficient (Wildman–Crippen LogP) is 6.11. The van der Waals surface area contributed by atoms with Gasteiger partial charge in [0.2, 0.25) is 0 Å². The van der Waals surface area contributed by atoms with Gasteiger partial charge in [-0.05, 0) is 103 Å². The number of hydrogen-bond acceptors (Lipinski definition) is 5. The van der Waals surface area contributed by atoms with Crippen LogP contribution in [0.15, 0.2) is 51.7 Å². The molecule has 3 saturated carbocycles. The van der Waals surface area contributed by atoms with Crippen LogP contribution in [0, 0.1) is 45.8 Å². The number of nitrogens with zero attached hydrogens (tertiary/aromatic N) is 1. The standard InChI is InChI=1S/C31H38N2O4/c1-19(34)37-22-12-14-30(2)20(17-22)6-8-24-27-11-10-26(31(27,3)15-13-28(24)30)23(25(18-32)29(33)35)9-7-21-5-4-16-36-21/h4-7,9,16,22,24,26-28H,8,10-15,17H2,1-3H3,(H2,33,35)/b9-7+,25-23+/t22-,24-,26?,27-,28-,30-,31+/m0/s1. The number of ether oxygens (including phenoxy) is 1. The van der Waals surface area contributed by atoms with Crippen LogP contribution < -0.4 is 5.73 Å². The van der Waals surface area contributed by atoms with Crippen molar-refractivity contribution in [2.75, 3.05) is 0 Å². The zero-order valence-corrected chi connectivity index (χ0v) is 22.2. The number of carbonyl (C=O) groups excluding carboxylic acids is 2. The van der Waals surface area contributed by atoms with Gasteiger partial charge >= 0.3 is 5.97 Å². The first kappa shape index (κ1) is 25.6. The predicted molar refractivity (Wildman–Crippen MR) is 140 cm³/mol. The first-order chi connectivity index (χ1) is 17.7. The zero-order valence-electron chi connectivity index (χ0n) is 22.2. The Balaban J connectivity index is 1.45. The van der Waals surface area contributed by atoms with Gasteiger partial charge in [-0.25, -0.2) is 0 Å². The minimum absolute atomic E-state index is 0.00179. The van der Waals surface area contributed by atoms with Crippen LogP contribution in [0.4, 0.5) is 0 Å². The van der Waals surface area contributed by atoms with Crippen molar-refractivity contribution in [2.45, 2.75) is 78.2 Å². The van der Waals surface area contributed by atoms with Gasteiger partial charge < -0.3 is 14.9 Å². The van der Waals surface area contributed by atoms with Gasteiger partial charge in [0.05, 0.1) is 6.26 Å². The lowest BCUT2D eigenvalue weighted by molar-refractivity contribution is -0.148. The number of nitriles is 1. The van der Waals surface area contributed by atoms with Crippen LogP contribution in [0.3, 0.4) is 0 Å². The second-order valence-corrected chi connectivity index (χ2v) is 12.1. The monoisotopic (exact) mass is 502 g/mol. The SMILES string of the molecule is CC(=O)O[C@H]1CC[C@@]2(C)C(=CC[C@@H]3[C@@H]2CC[C@]2(C)C(C(/C=C/c4ccco4)=C(\C#N)C(N)=O)CC[C@@H]32)C1. The van der Waals surface area contributed by atoms with E-state index < -0.39 is 5.91 Å². The number of allylic oxidation sites excluding steroid dienone is 3. The molecule has 196 valence electrons. The molecule has 6 heteroatoms. The molecule has 0 spiro atoms. The Morgan fingerprint density at radius 2 is 2.00 bits per heavy atom. The minimum Gasteiger partial charge on any atom is -0.465 e. The highest BCUT2D eigenvalue weighted by Gasteiger charge is 2.59. The molecule has 4 aliphatic carbocycles. The molecule has 0 aliphatic heterocycles. The van der Waals surface area contributed by atoms with Gasteiger partial charge in [0.15, 0.2) is 0 Å². The molecule has 0 saturated heterocycles. The molecule has 7 atom stereocenters. The lowest BCUT2D eigenvalue weighted by Gasteiger charge is -2.58. The second kappa shape index (κ2) is 9.67. The van der Waals surface area contributed by atoms with Crippen molar-refractivity contribution in [3.05, 3.63) is 53.0 Å². The van der Waals surface area contributed by atoms with Crippen LogP contribution in [0.2, 0.25) is 0 Å². The Bertz CT molecular complexity index is 1200. The van der Waals surface area contributed by atoms with Gasteiger partial charge in [0.1, 0.15) is 23.5 Å². The highest BCUT2D eigenvalue weighted by atomic mass is 16.5. The van der Waals surface area contributed by atoms with Crippen LogP contribution >= 0.6 is 0 Å². The molecule has 0 aromatic carbocycles. The largest absolute Gasteiger partial charge is 0.465 e. The van der Waals surface area contributed by atoms with E-state index in [0.29, 0.717) is 23.5 Å². The van der Waals surface area contributed by atoms with Crippen molar-refractivity contribution < 1.29 is 18.7 Å². The summed E-state index contributed by atoms with van der Waals surface area (Å²) in [7, 11) is 0. The highest BCUT2D eigenvalue weighted by Crippen LogP contribution is 2.67. The van der Waals surface area contributed by atoms with Gasteiger partial charge in [-0.1, -0.05) is 31.6 Å². The summed E-state index contributed by atoms with van der Waals surface area (Å²) in [6, 6.07) is 5.80. The second-order valence-electron chi connectivity index (χ2n) is 12.1. The number of carbonyl (C=O) groups is 2. The van der Waals surface area contributed by atoms with Gasteiger partial charge in [-0.15, -0.1) is 0 Å². The van der Waals surface area contributed by atoms with E-state index >= 15 is 0 Å². The topological polar surface area (TPSA) is 106 Å². The number of furan rings is 1. The average molecular weight is 503 g/mol. The number of primary amides is 1. The third kappa shape index (κ3) is 4.37. The molecule has 37 heavy (non-hydrogen) atoms. The third-order valence-corrected chi connectivity index (χ3v) is 10.4. The maximum atomic E-state index is 12.3. The molecule has 1 heterocycles. The molecule has 0 bridgehead atoms. The van der Waals surface area contributed by atoms with E-state index in [2.05, 4.69) is 26.0 Å². The van der Waals surface area contributed by atoms with Gasteiger partial charge in [0.25, 0.3) is 5.91 Å². The third-order valence-electron chi connectivity index (χ3n) is 10.4. The van der Waals surface area contributed by atoms with E-state index in [1.54, 1.807) is 6.26 Å². The van der Waals surface area contributed by atoms with E-state index in [-0.39, 0.29) is 34.4 Å². The summed E-state index contributed by atoms with van der Waals surface area (Å²) in [5.41, 5.74) is 8.16. The summed E-state index contributed by atoms with van der Waals surface area (Å²) in [6.45, 7) is 6.31. The summed E-state index contributed by atoms with van der Waals surface area (Å²) in [5.74, 6) is 1.65. The first-order valence-corrected chi connectivity index (χ1v) is 13.7. The molecule has 1 unspecified atom stereocenters. The molecular weight excluding hydrogens is 464 g/mol. The molecular formula is C31H38N2O4. The van der Waals surface area contributed by atoms with E-state index in [1.165, 1.54) is 12.5 Å². The summed E-state index contributed by atoms with van der Waals surface area (Å²) < 4.78 is 11.1. The molecule has 2 N–H and O–H groups in total. The summed E-state index contributed by atoms with van der Waals surface area (Å²) >= 11 is 0. The molecule has 4 aliphatic rings. The van der Waals surface area contributed by atoms with Crippen molar-refractivity contribution in [1.29, 1.82) is 5.26 Å². The molecule has 0 radical (unpaired) electrons. The first-order valence-electron chi connectivity index (χ1n) is 13.7. The van der Waals surface area contributed by atoms with E-state index in [4.69, 9.17) is 14.9 Å².